The van der Waals surface area contributed by atoms with E-state index in [1.54, 1.807) is 18.3 Å². The molecule has 1 aliphatic carbocycles. The molecule has 140 valence electrons. The molecule has 28 heavy (non-hydrogen) atoms. The molecule has 4 aromatic rings. The monoisotopic (exact) mass is 372 g/mol. The Morgan fingerprint density at radius 3 is 2.86 bits per heavy atom. The van der Waals surface area contributed by atoms with E-state index >= 15 is 0 Å². The predicted molar refractivity (Wildman–Crippen MR) is 104 cm³/mol. The van der Waals surface area contributed by atoms with Gasteiger partial charge in [0.1, 0.15) is 11.6 Å². The van der Waals surface area contributed by atoms with Crippen LogP contribution in [0.15, 0.2) is 42.7 Å². The van der Waals surface area contributed by atoms with E-state index in [-0.39, 0.29) is 12.0 Å². The van der Waals surface area contributed by atoms with E-state index in [0.717, 1.165) is 47.6 Å². The molecule has 1 aromatic carbocycles. The van der Waals surface area contributed by atoms with Crippen LogP contribution in [0.2, 0.25) is 0 Å². The van der Waals surface area contributed by atoms with E-state index in [0.29, 0.717) is 11.5 Å². The van der Waals surface area contributed by atoms with Crippen LogP contribution < -0.4 is 4.74 Å². The minimum absolute atomic E-state index is 0.124. The second-order valence-electron chi connectivity index (χ2n) is 7.34. The number of fused-ring (bicyclic) bond motifs is 3. The van der Waals surface area contributed by atoms with Gasteiger partial charge >= 0.3 is 0 Å². The van der Waals surface area contributed by atoms with Crippen LogP contribution in [0.3, 0.4) is 0 Å². The highest BCUT2D eigenvalue weighted by molar-refractivity contribution is 5.74. The van der Waals surface area contributed by atoms with Gasteiger partial charge in [-0.1, -0.05) is 13.3 Å². The van der Waals surface area contributed by atoms with Crippen molar-refractivity contribution >= 4 is 16.8 Å². The molecule has 0 aliphatic heterocycles. The number of aromatic nitrogens is 5. The summed E-state index contributed by atoms with van der Waals surface area (Å²) in [6.07, 6.45) is 6.72. The molecule has 1 N–H and O–H groups in total. The number of aromatic amines is 1. The van der Waals surface area contributed by atoms with Crippen molar-refractivity contribution in [2.45, 2.75) is 38.2 Å². The summed E-state index contributed by atoms with van der Waals surface area (Å²) in [6, 6.07) is 11.5. The Balaban J connectivity index is 1.46. The molecule has 1 aliphatic rings. The van der Waals surface area contributed by atoms with Crippen molar-refractivity contribution in [3.63, 3.8) is 0 Å². The Bertz CT molecular complexity index is 1170. The lowest BCUT2D eigenvalue weighted by Crippen LogP contribution is -2.12. The first-order valence-electron chi connectivity index (χ1n) is 9.60. The smallest absolute Gasteiger partial charge is 0.179 e. The normalized spacial score (nSPS) is 21.9. The molecule has 3 aromatic heterocycles. The lowest BCUT2D eigenvalue weighted by molar-refractivity contribution is 0.203. The van der Waals surface area contributed by atoms with Crippen LogP contribution in [0, 0.1) is 17.2 Å². The van der Waals surface area contributed by atoms with E-state index in [9.17, 15) is 0 Å². The maximum atomic E-state index is 8.95. The third-order valence-electron chi connectivity index (χ3n) is 5.76. The number of H-pyrrole nitrogens is 1. The molecule has 5 rings (SSSR count). The fourth-order valence-electron chi connectivity index (χ4n) is 4.38. The third-order valence-corrected chi connectivity index (χ3v) is 5.76. The minimum atomic E-state index is 0.124. The minimum Gasteiger partial charge on any atom is -0.490 e. The maximum Gasteiger partial charge on any atom is 0.179 e. The molecule has 0 spiro atoms. The molecule has 1 saturated carbocycles. The second kappa shape index (κ2) is 6.64. The number of benzene rings is 1. The van der Waals surface area contributed by atoms with Crippen molar-refractivity contribution in [3.05, 3.63) is 54.1 Å². The Morgan fingerprint density at radius 1 is 1.21 bits per heavy atom. The van der Waals surface area contributed by atoms with Gasteiger partial charge in [0.25, 0.3) is 0 Å². The molecule has 3 heterocycles. The van der Waals surface area contributed by atoms with Gasteiger partial charge in [-0.05, 0) is 49.1 Å². The largest absolute Gasteiger partial charge is 0.490 e. The first-order valence-corrected chi connectivity index (χ1v) is 9.60. The van der Waals surface area contributed by atoms with Gasteiger partial charge in [0.2, 0.25) is 0 Å². The van der Waals surface area contributed by atoms with Gasteiger partial charge < -0.3 is 9.72 Å². The van der Waals surface area contributed by atoms with Gasteiger partial charge in [-0.3, -0.25) is 4.40 Å². The highest BCUT2D eigenvalue weighted by Crippen LogP contribution is 2.42. The quantitative estimate of drug-likeness (QED) is 0.588. The van der Waals surface area contributed by atoms with E-state index in [1.165, 1.54) is 0 Å². The number of ether oxygens (including phenoxy) is 1. The average molecular weight is 372 g/mol. The van der Waals surface area contributed by atoms with Gasteiger partial charge in [0, 0.05) is 12.1 Å². The number of hydrogen-bond acceptors (Lipinski definition) is 5. The van der Waals surface area contributed by atoms with Crippen LogP contribution in [0.25, 0.3) is 16.8 Å². The molecule has 0 saturated heterocycles. The van der Waals surface area contributed by atoms with E-state index in [1.807, 2.05) is 24.4 Å². The summed E-state index contributed by atoms with van der Waals surface area (Å²) in [5.41, 5.74) is 3.25. The molecule has 1 unspecified atom stereocenters. The number of rotatable bonds is 4. The molecule has 7 heteroatoms. The zero-order valence-electron chi connectivity index (χ0n) is 15.5. The molecule has 0 bridgehead atoms. The van der Waals surface area contributed by atoms with E-state index in [4.69, 9.17) is 10.00 Å². The Hall–Kier alpha value is -3.40. The van der Waals surface area contributed by atoms with Crippen LogP contribution in [0.5, 0.6) is 5.75 Å². The Morgan fingerprint density at radius 2 is 2.07 bits per heavy atom. The van der Waals surface area contributed by atoms with Gasteiger partial charge in [0.05, 0.1) is 29.5 Å². The molecule has 1 fully saturated rings. The van der Waals surface area contributed by atoms with Crippen molar-refractivity contribution in [1.29, 1.82) is 5.26 Å². The molecule has 7 nitrogen and oxygen atoms in total. The van der Waals surface area contributed by atoms with Gasteiger partial charge in [-0.25, -0.2) is 4.98 Å². The van der Waals surface area contributed by atoms with Crippen molar-refractivity contribution in [2.24, 2.45) is 5.92 Å². The summed E-state index contributed by atoms with van der Waals surface area (Å²) in [5, 5.41) is 17.8. The summed E-state index contributed by atoms with van der Waals surface area (Å²) in [4.78, 5) is 7.57. The predicted octanol–water partition coefficient (Wildman–Crippen LogP) is 3.83. The van der Waals surface area contributed by atoms with Gasteiger partial charge in [-0.15, -0.1) is 10.2 Å². The van der Waals surface area contributed by atoms with Crippen LogP contribution in [-0.2, 0) is 0 Å². The fraction of sp³-hybridized carbons (Fsp3) is 0.333. The lowest BCUT2D eigenvalue weighted by Gasteiger charge is -2.15. The van der Waals surface area contributed by atoms with E-state index in [2.05, 4.69) is 37.6 Å². The molecule has 0 amide bonds. The summed E-state index contributed by atoms with van der Waals surface area (Å²) in [5.74, 6) is 2.56. The van der Waals surface area contributed by atoms with Crippen LogP contribution >= 0.6 is 0 Å². The molecule has 3 atom stereocenters. The van der Waals surface area contributed by atoms with Crippen molar-refractivity contribution in [1.82, 2.24) is 24.6 Å². The highest BCUT2D eigenvalue weighted by atomic mass is 16.5. The Kier molecular flexibility index (Phi) is 3.97. The number of nitriles is 1. The van der Waals surface area contributed by atoms with Crippen molar-refractivity contribution in [2.75, 3.05) is 0 Å². The molecular formula is C21H20N6O. The number of hydrogen-bond donors (Lipinski definition) is 1. The highest BCUT2D eigenvalue weighted by Gasteiger charge is 2.38. The van der Waals surface area contributed by atoms with Crippen molar-refractivity contribution < 1.29 is 4.74 Å². The number of nitrogens with zero attached hydrogens (tertiary/aromatic N) is 5. The lowest BCUT2D eigenvalue weighted by atomic mass is 9.93. The van der Waals surface area contributed by atoms with E-state index < -0.39 is 0 Å². The van der Waals surface area contributed by atoms with Crippen LogP contribution in [-0.4, -0.2) is 30.7 Å². The van der Waals surface area contributed by atoms with Gasteiger partial charge in [-0.2, -0.15) is 5.26 Å². The summed E-state index contributed by atoms with van der Waals surface area (Å²) in [7, 11) is 0. The first kappa shape index (κ1) is 16.8. The molecular weight excluding hydrogens is 352 g/mol. The maximum absolute atomic E-state index is 8.95. The topological polar surface area (TPSA) is 91.9 Å². The van der Waals surface area contributed by atoms with Crippen LogP contribution in [0.1, 0.15) is 43.5 Å². The summed E-state index contributed by atoms with van der Waals surface area (Å²) >= 11 is 0. The first-order chi connectivity index (χ1) is 13.8. The molecule has 0 radical (unpaired) electrons. The second-order valence-corrected chi connectivity index (χ2v) is 7.34. The van der Waals surface area contributed by atoms with Crippen LogP contribution in [0.4, 0.5) is 0 Å². The third kappa shape index (κ3) is 2.69. The average Bonchev–Trinajstić information content (AvgIpc) is 3.45. The van der Waals surface area contributed by atoms with Crippen molar-refractivity contribution in [3.8, 4) is 11.8 Å². The Labute approximate surface area is 162 Å². The zero-order chi connectivity index (χ0) is 19.1. The SMILES string of the molecule is CC[C@@H]1CC(Oc2ccc(C#N)cc2)C[C@@H]1c1nnc2cnc3[nH]ccc3n12. The zero-order valence-corrected chi connectivity index (χ0v) is 15.5. The standard InChI is InChI=1S/C21H20N6O/c1-2-14-9-16(28-15-5-3-13(11-22)4-6-15)10-17(14)21-26-25-19-12-24-20-18(27(19)21)7-8-23-20/h3-8,12,14,16-17,23H,2,9-10H2,1H3/t14-,16?,17+/m1/s1. The van der Waals surface area contributed by atoms with Gasteiger partial charge in [0.15, 0.2) is 11.3 Å². The number of nitrogens with one attached hydrogen (secondary N) is 1. The summed E-state index contributed by atoms with van der Waals surface area (Å²) in [6.45, 7) is 2.22. The summed E-state index contributed by atoms with van der Waals surface area (Å²) < 4.78 is 8.36. The fourth-order valence-corrected chi connectivity index (χ4v) is 4.38.